The Hall–Kier alpha value is -2.47. The first-order valence-electron chi connectivity index (χ1n) is 7.44. The van der Waals surface area contributed by atoms with E-state index in [0.29, 0.717) is 43.1 Å². The molecule has 1 saturated heterocycles. The van der Waals surface area contributed by atoms with E-state index < -0.39 is 0 Å². The normalized spacial score (nSPS) is 15.2. The number of nitrogens with zero attached hydrogens (tertiary/aromatic N) is 1. The number of amides is 2. The molecule has 1 fully saturated rings. The number of anilines is 1. The Morgan fingerprint density at radius 3 is 2.26 bits per heavy atom. The Bertz CT molecular complexity index is 628. The molecule has 2 rings (SSSR count). The first-order chi connectivity index (χ1) is 11.0. The van der Waals surface area contributed by atoms with Crippen molar-refractivity contribution in [1.29, 1.82) is 0 Å². The van der Waals surface area contributed by atoms with E-state index in [1.54, 1.807) is 36.1 Å². The number of hydrogen-bond acceptors (Lipinski definition) is 4. The molecule has 122 valence electrons. The highest BCUT2D eigenvalue weighted by Gasteiger charge is 2.16. The predicted octanol–water partition coefficient (Wildman–Crippen LogP) is 1.63. The molecule has 0 saturated carbocycles. The number of benzene rings is 1. The van der Waals surface area contributed by atoms with Crippen LogP contribution >= 0.6 is 0 Å². The SMILES string of the molecule is CC(=O)c1ccc(NC(=O)/C(C)=C\C(=O)N2CCOCC2)cc1. The summed E-state index contributed by atoms with van der Waals surface area (Å²) in [5.74, 6) is -0.565. The van der Waals surface area contributed by atoms with Crippen LogP contribution in [-0.4, -0.2) is 48.8 Å². The third-order valence-electron chi connectivity index (χ3n) is 3.57. The Morgan fingerprint density at radius 2 is 1.70 bits per heavy atom. The van der Waals surface area contributed by atoms with Crippen molar-refractivity contribution in [3.63, 3.8) is 0 Å². The second-order valence-corrected chi connectivity index (χ2v) is 5.35. The zero-order valence-corrected chi connectivity index (χ0v) is 13.3. The van der Waals surface area contributed by atoms with Crippen molar-refractivity contribution >= 4 is 23.3 Å². The van der Waals surface area contributed by atoms with E-state index in [4.69, 9.17) is 4.74 Å². The van der Waals surface area contributed by atoms with Crippen LogP contribution in [0.15, 0.2) is 35.9 Å². The molecule has 0 atom stereocenters. The molecule has 0 spiro atoms. The van der Waals surface area contributed by atoms with Crippen molar-refractivity contribution in [2.75, 3.05) is 31.6 Å². The van der Waals surface area contributed by atoms with Crippen LogP contribution < -0.4 is 5.32 Å². The van der Waals surface area contributed by atoms with Gasteiger partial charge < -0.3 is 15.0 Å². The molecule has 1 aliphatic heterocycles. The molecule has 1 aromatic rings. The monoisotopic (exact) mass is 316 g/mol. The van der Waals surface area contributed by atoms with E-state index in [1.165, 1.54) is 13.0 Å². The van der Waals surface area contributed by atoms with Gasteiger partial charge in [-0.05, 0) is 38.1 Å². The highest BCUT2D eigenvalue weighted by molar-refractivity contribution is 6.07. The Balaban J connectivity index is 1.97. The van der Waals surface area contributed by atoms with Gasteiger partial charge in [0.15, 0.2) is 5.78 Å². The van der Waals surface area contributed by atoms with Gasteiger partial charge in [-0.15, -0.1) is 0 Å². The lowest BCUT2D eigenvalue weighted by Gasteiger charge is -2.25. The largest absolute Gasteiger partial charge is 0.378 e. The number of ketones is 1. The molecule has 1 N–H and O–H groups in total. The van der Waals surface area contributed by atoms with Gasteiger partial charge in [0.2, 0.25) is 5.91 Å². The van der Waals surface area contributed by atoms with Crippen LogP contribution in [0.3, 0.4) is 0 Å². The molecule has 0 aromatic heterocycles. The van der Waals surface area contributed by atoms with Crippen LogP contribution in [0.5, 0.6) is 0 Å². The summed E-state index contributed by atoms with van der Waals surface area (Å²) < 4.78 is 5.19. The molecule has 6 heteroatoms. The summed E-state index contributed by atoms with van der Waals surface area (Å²) in [5, 5.41) is 2.70. The van der Waals surface area contributed by atoms with Crippen LogP contribution in [0.1, 0.15) is 24.2 Å². The van der Waals surface area contributed by atoms with Crippen LogP contribution in [0, 0.1) is 0 Å². The molecule has 1 aliphatic rings. The highest BCUT2D eigenvalue weighted by atomic mass is 16.5. The van der Waals surface area contributed by atoms with E-state index in [2.05, 4.69) is 5.32 Å². The zero-order chi connectivity index (χ0) is 16.8. The molecule has 2 amide bonds. The van der Waals surface area contributed by atoms with Crippen molar-refractivity contribution < 1.29 is 19.1 Å². The fourth-order valence-corrected chi connectivity index (χ4v) is 2.14. The summed E-state index contributed by atoms with van der Waals surface area (Å²) in [4.78, 5) is 37.0. The van der Waals surface area contributed by atoms with Gasteiger partial charge in [0.05, 0.1) is 13.2 Å². The smallest absolute Gasteiger partial charge is 0.251 e. The summed E-state index contributed by atoms with van der Waals surface area (Å²) in [6.07, 6.45) is 1.34. The van der Waals surface area contributed by atoms with Gasteiger partial charge in [0, 0.05) is 36.0 Å². The van der Waals surface area contributed by atoms with Gasteiger partial charge in [0.1, 0.15) is 0 Å². The molecule has 0 radical (unpaired) electrons. The zero-order valence-electron chi connectivity index (χ0n) is 13.3. The lowest BCUT2D eigenvalue weighted by Crippen LogP contribution is -2.40. The van der Waals surface area contributed by atoms with Gasteiger partial charge in [-0.1, -0.05) is 0 Å². The average Bonchev–Trinajstić information content (AvgIpc) is 2.56. The summed E-state index contributed by atoms with van der Waals surface area (Å²) >= 11 is 0. The fraction of sp³-hybridized carbons (Fsp3) is 0.353. The summed E-state index contributed by atoms with van der Waals surface area (Å²) in [6, 6.07) is 6.61. The third kappa shape index (κ3) is 4.75. The molecule has 23 heavy (non-hydrogen) atoms. The van der Waals surface area contributed by atoms with Crippen LogP contribution in [0.2, 0.25) is 0 Å². The van der Waals surface area contributed by atoms with E-state index in [1.807, 2.05) is 0 Å². The minimum absolute atomic E-state index is 0.0324. The van der Waals surface area contributed by atoms with E-state index in [0.717, 1.165) is 0 Å². The Morgan fingerprint density at radius 1 is 1.09 bits per heavy atom. The number of hydrogen-bond donors (Lipinski definition) is 1. The second-order valence-electron chi connectivity index (χ2n) is 5.35. The molecular formula is C17H20N2O4. The number of morpholine rings is 1. The van der Waals surface area contributed by atoms with E-state index >= 15 is 0 Å². The lowest BCUT2D eigenvalue weighted by atomic mass is 10.1. The molecule has 0 aliphatic carbocycles. The first-order valence-corrected chi connectivity index (χ1v) is 7.44. The van der Waals surface area contributed by atoms with E-state index in [-0.39, 0.29) is 17.6 Å². The quantitative estimate of drug-likeness (QED) is 0.677. The molecule has 1 aromatic carbocycles. The predicted molar refractivity (Wildman–Crippen MR) is 86.2 cm³/mol. The Kier molecular flexibility index (Phi) is 5.65. The lowest BCUT2D eigenvalue weighted by molar-refractivity contribution is -0.130. The maximum Gasteiger partial charge on any atom is 0.251 e. The molecule has 6 nitrogen and oxygen atoms in total. The standard InChI is InChI=1S/C17H20N2O4/c1-12(11-16(21)19-7-9-23-10-8-19)17(22)18-15-5-3-14(4-6-15)13(2)20/h3-6,11H,7-10H2,1-2H3,(H,18,22)/b12-11-. The average molecular weight is 316 g/mol. The van der Waals surface area contributed by atoms with Gasteiger partial charge in [-0.25, -0.2) is 0 Å². The van der Waals surface area contributed by atoms with Gasteiger partial charge in [-0.2, -0.15) is 0 Å². The molecule has 0 unspecified atom stereocenters. The highest BCUT2D eigenvalue weighted by Crippen LogP contribution is 2.11. The number of nitrogens with one attached hydrogen (secondary N) is 1. The maximum absolute atomic E-state index is 12.1. The second kappa shape index (κ2) is 7.69. The topological polar surface area (TPSA) is 75.7 Å². The summed E-state index contributed by atoms with van der Waals surface area (Å²) in [7, 11) is 0. The first kappa shape index (κ1) is 16.9. The molecular weight excluding hydrogens is 296 g/mol. The fourth-order valence-electron chi connectivity index (χ4n) is 2.14. The van der Waals surface area contributed by atoms with Crippen molar-refractivity contribution in [1.82, 2.24) is 4.90 Å². The number of Topliss-reactive ketones (excluding diaryl/α,β-unsaturated/α-hetero) is 1. The van der Waals surface area contributed by atoms with Gasteiger partial charge in [0.25, 0.3) is 5.91 Å². The Labute approximate surface area is 135 Å². The van der Waals surface area contributed by atoms with Gasteiger partial charge in [-0.3, -0.25) is 14.4 Å². The van der Waals surface area contributed by atoms with Crippen molar-refractivity contribution in [3.05, 3.63) is 41.5 Å². The van der Waals surface area contributed by atoms with Crippen LogP contribution in [0.4, 0.5) is 5.69 Å². The number of rotatable bonds is 4. The molecule has 1 heterocycles. The maximum atomic E-state index is 12.1. The minimum atomic E-state index is -0.345. The van der Waals surface area contributed by atoms with E-state index in [9.17, 15) is 14.4 Å². The van der Waals surface area contributed by atoms with Crippen molar-refractivity contribution in [2.24, 2.45) is 0 Å². The molecule has 0 bridgehead atoms. The van der Waals surface area contributed by atoms with Gasteiger partial charge >= 0.3 is 0 Å². The minimum Gasteiger partial charge on any atom is -0.378 e. The van der Waals surface area contributed by atoms with Crippen molar-refractivity contribution in [2.45, 2.75) is 13.8 Å². The summed E-state index contributed by atoms with van der Waals surface area (Å²) in [6.45, 7) is 5.20. The number of carbonyl (C=O) groups excluding carboxylic acids is 3. The van der Waals surface area contributed by atoms with Crippen LogP contribution in [-0.2, 0) is 14.3 Å². The van der Waals surface area contributed by atoms with Crippen molar-refractivity contribution in [3.8, 4) is 0 Å². The summed E-state index contributed by atoms with van der Waals surface area (Å²) in [5.41, 5.74) is 1.49. The number of ether oxygens (including phenoxy) is 1. The number of carbonyl (C=O) groups is 3. The van der Waals surface area contributed by atoms with Crippen LogP contribution in [0.25, 0.3) is 0 Å². The third-order valence-corrected chi connectivity index (χ3v) is 3.57.